The third kappa shape index (κ3) is 3.62. The van der Waals surface area contributed by atoms with E-state index in [-0.39, 0.29) is 18.6 Å². The van der Waals surface area contributed by atoms with Crippen LogP contribution in [-0.4, -0.2) is 29.6 Å². The number of carboxylic acid groups (broad SMARTS) is 1. The first-order chi connectivity index (χ1) is 11.1. The summed E-state index contributed by atoms with van der Waals surface area (Å²) in [4.78, 5) is 23.1. The Kier molecular flexibility index (Phi) is 4.46. The normalized spacial score (nSPS) is 20.3. The van der Waals surface area contributed by atoms with E-state index in [4.69, 9.17) is 9.84 Å². The molecule has 0 aromatic heterocycles. The fourth-order valence-electron chi connectivity index (χ4n) is 3.08. The van der Waals surface area contributed by atoms with Crippen molar-refractivity contribution in [3.63, 3.8) is 0 Å². The molecule has 1 fully saturated rings. The van der Waals surface area contributed by atoms with Crippen LogP contribution >= 0.6 is 0 Å². The number of ether oxygens (including phenoxy) is 1. The molecule has 1 saturated carbocycles. The summed E-state index contributed by atoms with van der Waals surface area (Å²) in [5.41, 5.74) is 0. The molecule has 5 nitrogen and oxygen atoms in total. The van der Waals surface area contributed by atoms with Crippen molar-refractivity contribution in [1.82, 2.24) is 5.32 Å². The minimum Gasteiger partial charge on any atom is -0.484 e. The minimum absolute atomic E-state index is 0.110. The summed E-state index contributed by atoms with van der Waals surface area (Å²) in [6.45, 7) is -0.110. The monoisotopic (exact) mass is 313 g/mol. The summed E-state index contributed by atoms with van der Waals surface area (Å²) < 4.78 is 5.52. The zero-order chi connectivity index (χ0) is 16.2. The second-order valence-electron chi connectivity index (χ2n) is 5.85. The number of benzene rings is 2. The van der Waals surface area contributed by atoms with Gasteiger partial charge in [0.25, 0.3) is 5.91 Å². The molecule has 1 aliphatic carbocycles. The van der Waals surface area contributed by atoms with Gasteiger partial charge in [0.1, 0.15) is 5.75 Å². The summed E-state index contributed by atoms with van der Waals surface area (Å²) >= 11 is 0. The van der Waals surface area contributed by atoms with Crippen LogP contribution in [0.25, 0.3) is 10.8 Å². The van der Waals surface area contributed by atoms with E-state index in [1.165, 1.54) is 0 Å². The highest BCUT2D eigenvalue weighted by Gasteiger charge is 2.33. The Morgan fingerprint density at radius 1 is 1.13 bits per heavy atom. The molecule has 1 aliphatic rings. The van der Waals surface area contributed by atoms with Gasteiger partial charge in [0.15, 0.2) is 6.61 Å². The van der Waals surface area contributed by atoms with E-state index in [0.29, 0.717) is 18.6 Å². The average Bonchev–Trinajstić information content (AvgIpc) is 3.01. The Balaban J connectivity index is 1.56. The summed E-state index contributed by atoms with van der Waals surface area (Å²) in [5, 5.41) is 14.1. The van der Waals surface area contributed by atoms with Gasteiger partial charge in [-0.2, -0.15) is 0 Å². The maximum Gasteiger partial charge on any atom is 0.308 e. The molecule has 5 heteroatoms. The van der Waals surface area contributed by atoms with Crippen LogP contribution in [0.15, 0.2) is 42.5 Å². The van der Waals surface area contributed by atoms with E-state index in [1.807, 2.05) is 42.5 Å². The number of hydrogen-bond acceptors (Lipinski definition) is 3. The molecule has 3 rings (SSSR count). The number of carbonyl (C=O) groups is 2. The van der Waals surface area contributed by atoms with E-state index in [9.17, 15) is 9.59 Å². The molecule has 2 aromatic carbocycles. The molecular weight excluding hydrogens is 294 g/mol. The molecule has 23 heavy (non-hydrogen) atoms. The molecular formula is C18H19NO4. The van der Waals surface area contributed by atoms with Gasteiger partial charge < -0.3 is 15.2 Å². The highest BCUT2D eigenvalue weighted by atomic mass is 16.5. The molecule has 120 valence electrons. The van der Waals surface area contributed by atoms with Crippen LogP contribution in [0.1, 0.15) is 19.3 Å². The minimum atomic E-state index is -0.844. The zero-order valence-corrected chi connectivity index (χ0v) is 12.7. The maximum atomic E-state index is 12.0. The molecule has 0 aliphatic heterocycles. The van der Waals surface area contributed by atoms with Crippen LogP contribution in [-0.2, 0) is 9.59 Å². The summed E-state index contributed by atoms with van der Waals surface area (Å²) in [6, 6.07) is 13.3. The molecule has 0 saturated heterocycles. The summed E-state index contributed by atoms with van der Waals surface area (Å²) in [6.07, 6.45) is 2.15. The van der Waals surface area contributed by atoms with Crippen molar-refractivity contribution in [2.75, 3.05) is 6.61 Å². The molecule has 2 aromatic rings. The third-order valence-corrected chi connectivity index (χ3v) is 4.27. The molecule has 1 amide bonds. The Morgan fingerprint density at radius 3 is 2.70 bits per heavy atom. The molecule has 0 radical (unpaired) electrons. The quantitative estimate of drug-likeness (QED) is 0.889. The van der Waals surface area contributed by atoms with Crippen LogP contribution < -0.4 is 10.1 Å². The van der Waals surface area contributed by atoms with Crippen molar-refractivity contribution in [2.24, 2.45) is 5.92 Å². The summed E-state index contributed by atoms with van der Waals surface area (Å²) in [5.74, 6) is -0.987. The largest absolute Gasteiger partial charge is 0.484 e. The van der Waals surface area contributed by atoms with E-state index in [1.54, 1.807) is 0 Å². The second kappa shape index (κ2) is 6.69. The molecule has 0 heterocycles. The molecule has 0 spiro atoms. The number of fused-ring (bicyclic) bond motifs is 1. The highest BCUT2D eigenvalue weighted by molar-refractivity contribution is 5.84. The van der Waals surface area contributed by atoms with Gasteiger partial charge in [0.05, 0.1) is 5.92 Å². The van der Waals surface area contributed by atoms with Gasteiger partial charge in [-0.1, -0.05) is 36.8 Å². The second-order valence-corrected chi connectivity index (χ2v) is 5.85. The standard InChI is InChI=1S/C18H19NO4/c20-17(19-16-7-3-6-15(16)18(21)22)11-23-14-9-8-12-4-1-2-5-13(12)10-14/h1-2,4-5,8-10,15-16H,3,6-7,11H2,(H,19,20)(H,21,22)/t15-,16+/m1/s1. The van der Waals surface area contributed by atoms with Gasteiger partial charge in [-0.05, 0) is 35.7 Å². The van der Waals surface area contributed by atoms with Crippen LogP contribution in [0.2, 0.25) is 0 Å². The number of hydrogen-bond donors (Lipinski definition) is 2. The van der Waals surface area contributed by atoms with Gasteiger partial charge >= 0.3 is 5.97 Å². The lowest BCUT2D eigenvalue weighted by molar-refractivity contribution is -0.142. The van der Waals surface area contributed by atoms with Crippen molar-refractivity contribution in [1.29, 1.82) is 0 Å². The number of carboxylic acids is 1. The van der Waals surface area contributed by atoms with E-state index < -0.39 is 11.9 Å². The van der Waals surface area contributed by atoms with E-state index in [0.717, 1.165) is 17.2 Å². The number of nitrogens with one attached hydrogen (secondary N) is 1. The fourth-order valence-corrected chi connectivity index (χ4v) is 3.08. The van der Waals surface area contributed by atoms with Crippen LogP contribution in [0.5, 0.6) is 5.75 Å². The Morgan fingerprint density at radius 2 is 1.91 bits per heavy atom. The van der Waals surface area contributed by atoms with Crippen molar-refractivity contribution >= 4 is 22.6 Å². The topological polar surface area (TPSA) is 75.6 Å². The average molecular weight is 313 g/mol. The first kappa shape index (κ1) is 15.3. The van der Waals surface area contributed by atoms with Crippen molar-refractivity contribution in [2.45, 2.75) is 25.3 Å². The summed E-state index contributed by atoms with van der Waals surface area (Å²) in [7, 11) is 0. The van der Waals surface area contributed by atoms with Gasteiger partial charge in [0.2, 0.25) is 0 Å². The van der Waals surface area contributed by atoms with Crippen LogP contribution in [0.4, 0.5) is 0 Å². The Hall–Kier alpha value is -2.56. The zero-order valence-electron chi connectivity index (χ0n) is 12.7. The van der Waals surface area contributed by atoms with Crippen molar-refractivity contribution in [3.05, 3.63) is 42.5 Å². The number of amides is 1. The van der Waals surface area contributed by atoms with E-state index >= 15 is 0 Å². The number of carbonyl (C=O) groups excluding carboxylic acids is 1. The molecule has 0 bridgehead atoms. The lowest BCUT2D eigenvalue weighted by Gasteiger charge is -2.17. The first-order valence-corrected chi connectivity index (χ1v) is 7.77. The van der Waals surface area contributed by atoms with Crippen molar-refractivity contribution in [3.8, 4) is 5.75 Å². The van der Waals surface area contributed by atoms with Crippen LogP contribution in [0, 0.1) is 5.92 Å². The number of aliphatic carboxylic acids is 1. The molecule has 0 unspecified atom stereocenters. The van der Waals surface area contributed by atoms with Gasteiger partial charge in [-0.3, -0.25) is 9.59 Å². The third-order valence-electron chi connectivity index (χ3n) is 4.27. The predicted octanol–water partition coefficient (Wildman–Crippen LogP) is 2.59. The molecule has 2 N–H and O–H groups in total. The smallest absolute Gasteiger partial charge is 0.308 e. The van der Waals surface area contributed by atoms with Gasteiger partial charge in [-0.15, -0.1) is 0 Å². The predicted molar refractivity (Wildman–Crippen MR) is 86.4 cm³/mol. The Bertz CT molecular complexity index is 728. The maximum absolute atomic E-state index is 12.0. The van der Waals surface area contributed by atoms with E-state index in [2.05, 4.69) is 5.32 Å². The lowest BCUT2D eigenvalue weighted by atomic mass is 10.0. The fraction of sp³-hybridized carbons (Fsp3) is 0.333. The van der Waals surface area contributed by atoms with Gasteiger partial charge in [0, 0.05) is 6.04 Å². The SMILES string of the molecule is O=C(COc1ccc2ccccc2c1)N[C@H]1CCC[C@H]1C(=O)O. The first-order valence-electron chi connectivity index (χ1n) is 7.77. The Labute approximate surface area is 134 Å². The number of rotatable bonds is 5. The van der Waals surface area contributed by atoms with Gasteiger partial charge in [-0.25, -0.2) is 0 Å². The molecule has 2 atom stereocenters. The van der Waals surface area contributed by atoms with Crippen LogP contribution in [0.3, 0.4) is 0 Å². The van der Waals surface area contributed by atoms with Crippen molar-refractivity contribution < 1.29 is 19.4 Å². The highest BCUT2D eigenvalue weighted by Crippen LogP contribution is 2.26. The lowest BCUT2D eigenvalue weighted by Crippen LogP contribution is -2.42.